The highest BCUT2D eigenvalue weighted by Crippen LogP contribution is 2.36. The number of rotatable bonds is 1. The summed E-state index contributed by atoms with van der Waals surface area (Å²) in [5.74, 6) is -0.00323. The lowest BCUT2D eigenvalue weighted by Crippen LogP contribution is -2.03. The molecule has 0 spiro atoms. The van der Waals surface area contributed by atoms with Crippen molar-refractivity contribution in [2.24, 2.45) is 0 Å². The number of hydrogen-bond acceptors (Lipinski definition) is 1. The Labute approximate surface area is 91.3 Å². The average Bonchev–Trinajstić information content (AvgIpc) is 2.83. The second kappa shape index (κ2) is 3.33. The zero-order valence-electron chi connectivity index (χ0n) is 8.59. The number of H-pyrrole nitrogens is 2. The van der Waals surface area contributed by atoms with Crippen LogP contribution in [0.5, 0.6) is 0 Å². The zero-order valence-corrected chi connectivity index (χ0v) is 8.59. The van der Waals surface area contributed by atoms with Crippen LogP contribution in [0.25, 0.3) is 0 Å². The predicted molar refractivity (Wildman–Crippen MR) is 58.0 cm³/mol. The Morgan fingerprint density at radius 2 is 2.25 bits per heavy atom. The smallest absolute Gasteiger partial charge is 0.313 e. The highest BCUT2D eigenvalue weighted by atomic mass is 19.1. The quantitative estimate of drug-likeness (QED) is 0.754. The fraction of sp³-hybridized carbons (Fsp3) is 0.250. The first-order valence-electron chi connectivity index (χ1n) is 5.30. The van der Waals surface area contributed by atoms with Crippen molar-refractivity contribution in [1.82, 2.24) is 9.97 Å². The Bertz CT molecular complexity index is 585. The van der Waals surface area contributed by atoms with Crippen LogP contribution < -0.4 is 5.69 Å². The molecule has 0 unspecified atom stereocenters. The molecule has 1 aromatic carbocycles. The van der Waals surface area contributed by atoms with E-state index in [0.717, 1.165) is 29.7 Å². The number of aryl methyl sites for hydroxylation is 1. The molecular weight excluding hydrogens is 207 g/mol. The first-order chi connectivity index (χ1) is 7.74. The molecule has 1 heterocycles. The predicted octanol–water partition coefficient (Wildman–Crippen LogP) is 1.92. The van der Waals surface area contributed by atoms with E-state index in [1.165, 1.54) is 6.07 Å². The molecule has 1 aliphatic rings. The highest BCUT2D eigenvalue weighted by Gasteiger charge is 2.25. The van der Waals surface area contributed by atoms with Crippen LogP contribution >= 0.6 is 0 Å². The summed E-state index contributed by atoms with van der Waals surface area (Å²) >= 11 is 0. The van der Waals surface area contributed by atoms with Gasteiger partial charge in [0.05, 0.1) is 0 Å². The van der Waals surface area contributed by atoms with E-state index in [1.807, 2.05) is 6.07 Å². The normalized spacial score (nSPS) is 18.7. The lowest BCUT2D eigenvalue weighted by molar-refractivity contribution is 0.626. The Hall–Kier alpha value is -1.84. The fourth-order valence-corrected chi connectivity index (χ4v) is 2.44. The number of halogens is 1. The third-order valence-corrected chi connectivity index (χ3v) is 3.17. The van der Waals surface area contributed by atoms with Crippen molar-refractivity contribution >= 4 is 0 Å². The maximum atomic E-state index is 13.0. The number of hydrogen-bond donors (Lipinski definition) is 2. The summed E-state index contributed by atoms with van der Waals surface area (Å²) in [6, 6.07) is 4.87. The molecule has 0 saturated heterocycles. The Balaban J connectivity index is 2.06. The molecule has 3 nitrogen and oxygen atoms in total. The summed E-state index contributed by atoms with van der Waals surface area (Å²) in [5, 5.41) is 0. The van der Waals surface area contributed by atoms with Gasteiger partial charge in [0.1, 0.15) is 5.82 Å². The van der Waals surface area contributed by atoms with Crippen LogP contribution in [0.3, 0.4) is 0 Å². The van der Waals surface area contributed by atoms with Crippen molar-refractivity contribution < 1.29 is 4.39 Å². The molecule has 4 heteroatoms. The molecular formula is C12H11FN2O. The molecule has 0 saturated carbocycles. The number of benzene rings is 1. The molecule has 0 aliphatic heterocycles. The van der Waals surface area contributed by atoms with Crippen molar-refractivity contribution in [3.05, 3.63) is 57.5 Å². The Morgan fingerprint density at radius 3 is 3.00 bits per heavy atom. The molecule has 0 bridgehead atoms. The Morgan fingerprint density at radius 1 is 1.38 bits per heavy atom. The summed E-state index contributed by atoms with van der Waals surface area (Å²) < 4.78 is 13.0. The van der Waals surface area contributed by atoms with Crippen LogP contribution in [-0.2, 0) is 6.42 Å². The summed E-state index contributed by atoms with van der Waals surface area (Å²) in [6.45, 7) is 0. The van der Waals surface area contributed by atoms with Gasteiger partial charge >= 0.3 is 5.69 Å². The van der Waals surface area contributed by atoms with Crippen LogP contribution in [0.15, 0.2) is 29.2 Å². The fourth-order valence-electron chi connectivity index (χ4n) is 2.44. The second-order valence-electron chi connectivity index (χ2n) is 4.13. The van der Waals surface area contributed by atoms with E-state index in [2.05, 4.69) is 9.97 Å². The zero-order chi connectivity index (χ0) is 11.1. The van der Waals surface area contributed by atoms with Gasteiger partial charge in [-0.05, 0) is 36.1 Å². The van der Waals surface area contributed by atoms with Crippen LogP contribution in [0.1, 0.15) is 29.2 Å². The molecule has 0 amide bonds. The van der Waals surface area contributed by atoms with Crippen LogP contribution in [0, 0.1) is 5.82 Å². The van der Waals surface area contributed by atoms with Gasteiger partial charge in [-0.1, -0.05) is 6.07 Å². The van der Waals surface area contributed by atoms with Gasteiger partial charge in [-0.15, -0.1) is 0 Å². The summed E-state index contributed by atoms with van der Waals surface area (Å²) in [4.78, 5) is 16.4. The van der Waals surface area contributed by atoms with E-state index in [4.69, 9.17) is 0 Å². The number of aromatic amines is 2. The molecule has 0 radical (unpaired) electrons. The standard InChI is InChI=1S/C12H11FN2O/c13-8-2-4-9-7(5-8)1-3-10(9)11-6-14-12(16)15-11/h2,4-6,10H,1,3H2,(H2,14,15,16)/t10-/m0/s1. The first-order valence-corrected chi connectivity index (χ1v) is 5.30. The largest absolute Gasteiger partial charge is 0.323 e. The number of nitrogens with one attached hydrogen (secondary N) is 2. The van der Waals surface area contributed by atoms with E-state index in [9.17, 15) is 9.18 Å². The van der Waals surface area contributed by atoms with Crippen molar-refractivity contribution in [3.63, 3.8) is 0 Å². The second-order valence-corrected chi connectivity index (χ2v) is 4.13. The van der Waals surface area contributed by atoms with E-state index >= 15 is 0 Å². The minimum absolute atomic E-state index is 0.189. The molecule has 2 N–H and O–H groups in total. The highest BCUT2D eigenvalue weighted by molar-refractivity contribution is 5.39. The van der Waals surface area contributed by atoms with E-state index < -0.39 is 0 Å². The van der Waals surface area contributed by atoms with Crippen LogP contribution in [0.2, 0.25) is 0 Å². The summed E-state index contributed by atoms with van der Waals surface area (Å²) in [5.41, 5.74) is 2.87. The minimum Gasteiger partial charge on any atom is -0.313 e. The molecule has 2 aromatic rings. The number of fused-ring (bicyclic) bond motifs is 1. The molecule has 1 aliphatic carbocycles. The van der Waals surface area contributed by atoms with Crippen LogP contribution in [-0.4, -0.2) is 9.97 Å². The van der Waals surface area contributed by atoms with Gasteiger partial charge < -0.3 is 9.97 Å². The third-order valence-electron chi connectivity index (χ3n) is 3.17. The van der Waals surface area contributed by atoms with Gasteiger partial charge in [0.15, 0.2) is 0 Å². The molecule has 0 fully saturated rings. The van der Waals surface area contributed by atoms with Crippen molar-refractivity contribution in [1.29, 1.82) is 0 Å². The first kappa shape index (κ1) is 9.39. The van der Waals surface area contributed by atoms with E-state index in [1.54, 1.807) is 12.3 Å². The van der Waals surface area contributed by atoms with Gasteiger partial charge in [-0.25, -0.2) is 9.18 Å². The van der Waals surface area contributed by atoms with E-state index in [-0.39, 0.29) is 17.4 Å². The average molecular weight is 218 g/mol. The monoisotopic (exact) mass is 218 g/mol. The Kier molecular flexibility index (Phi) is 1.96. The summed E-state index contributed by atoms with van der Waals surface area (Å²) in [6.07, 6.45) is 3.49. The van der Waals surface area contributed by atoms with Crippen LogP contribution in [0.4, 0.5) is 4.39 Å². The molecule has 1 atom stereocenters. The topological polar surface area (TPSA) is 48.6 Å². The van der Waals surface area contributed by atoms with Gasteiger partial charge in [0.2, 0.25) is 0 Å². The van der Waals surface area contributed by atoms with Gasteiger partial charge in [-0.3, -0.25) is 0 Å². The number of aromatic nitrogens is 2. The third kappa shape index (κ3) is 1.38. The summed E-state index contributed by atoms with van der Waals surface area (Å²) in [7, 11) is 0. The maximum Gasteiger partial charge on any atom is 0.323 e. The van der Waals surface area contributed by atoms with Gasteiger partial charge in [0.25, 0.3) is 0 Å². The SMILES string of the molecule is O=c1[nH]cc([C@H]2CCc3cc(F)ccc32)[nH]1. The lowest BCUT2D eigenvalue weighted by Gasteiger charge is -2.08. The van der Waals surface area contributed by atoms with Crippen molar-refractivity contribution in [3.8, 4) is 0 Å². The molecule has 1 aromatic heterocycles. The van der Waals surface area contributed by atoms with E-state index in [0.29, 0.717) is 0 Å². The van der Waals surface area contributed by atoms with Crippen molar-refractivity contribution in [2.75, 3.05) is 0 Å². The van der Waals surface area contributed by atoms with Gasteiger partial charge in [0, 0.05) is 17.8 Å². The molecule has 16 heavy (non-hydrogen) atoms. The maximum absolute atomic E-state index is 13.0. The van der Waals surface area contributed by atoms with Crippen molar-refractivity contribution in [2.45, 2.75) is 18.8 Å². The molecule has 3 rings (SSSR count). The van der Waals surface area contributed by atoms with Gasteiger partial charge in [-0.2, -0.15) is 0 Å². The number of imidazole rings is 1. The minimum atomic E-state index is -0.193. The lowest BCUT2D eigenvalue weighted by atomic mass is 9.98. The molecule has 82 valence electrons.